The summed E-state index contributed by atoms with van der Waals surface area (Å²) in [4.78, 5) is 30.8. The molecule has 0 bridgehead atoms. The summed E-state index contributed by atoms with van der Waals surface area (Å²) in [5, 5.41) is 3.13. The zero-order chi connectivity index (χ0) is 18.6. The predicted molar refractivity (Wildman–Crippen MR) is 102 cm³/mol. The van der Waals surface area contributed by atoms with Gasteiger partial charge >= 0.3 is 0 Å². The van der Waals surface area contributed by atoms with Crippen LogP contribution in [0.4, 0.5) is 0 Å². The van der Waals surface area contributed by atoms with Gasteiger partial charge in [-0.3, -0.25) is 9.59 Å². The fourth-order valence-electron chi connectivity index (χ4n) is 2.55. The second-order valence-corrected chi connectivity index (χ2v) is 8.10. The highest BCUT2D eigenvalue weighted by Crippen LogP contribution is 2.45. The average molecular weight is 373 g/mol. The number of amides is 1. The molecule has 1 heterocycles. The van der Waals surface area contributed by atoms with Gasteiger partial charge in [-0.05, 0) is 38.8 Å². The van der Waals surface area contributed by atoms with Crippen LogP contribution >= 0.6 is 11.8 Å². The number of carbonyl (C=O) groups is 1. The summed E-state index contributed by atoms with van der Waals surface area (Å²) in [6.45, 7) is 4.77. The highest BCUT2D eigenvalue weighted by atomic mass is 32.2. The number of para-hydroxylation sites is 1. The summed E-state index contributed by atoms with van der Waals surface area (Å²) in [5.41, 5.74) is 0.465. The Morgan fingerprint density at radius 1 is 1.38 bits per heavy atom. The van der Waals surface area contributed by atoms with E-state index in [1.165, 1.54) is 17.8 Å². The number of nitrogens with one attached hydrogen (secondary N) is 2. The lowest BCUT2D eigenvalue weighted by atomic mass is 10.1. The van der Waals surface area contributed by atoms with E-state index in [9.17, 15) is 9.59 Å². The number of benzene rings is 1. The van der Waals surface area contributed by atoms with Gasteiger partial charge in [-0.25, -0.2) is 4.98 Å². The number of nitrogens with zero attached hydrogens (tertiary/aromatic N) is 1. The molecule has 0 unspecified atom stereocenters. The molecule has 2 N–H and O–H groups in total. The van der Waals surface area contributed by atoms with Gasteiger partial charge in [0.1, 0.15) is 5.75 Å². The lowest BCUT2D eigenvalue weighted by Crippen LogP contribution is -2.37. The van der Waals surface area contributed by atoms with E-state index >= 15 is 0 Å². The second kappa shape index (κ2) is 7.95. The average Bonchev–Trinajstić information content (AvgIpc) is 3.38. The van der Waals surface area contributed by atoms with Crippen LogP contribution in [0.5, 0.6) is 5.75 Å². The molecule has 0 aliphatic heterocycles. The van der Waals surface area contributed by atoms with Crippen LogP contribution in [0.2, 0.25) is 0 Å². The van der Waals surface area contributed by atoms with Crippen molar-refractivity contribution in [2.24, 2.45) is 5.41 Å². The molecule has 1 aromatic heterocycles. The van der Waals surface area contributed by atoms with Gasteiger partial charge in [0.2, 0.25) is 5.91 Å². The minimum atomic E-state index is -0.342. The third-order valence-corrected chi connectivity index (χ3v) is 5.37. The number of rotatable bonds is 8. The maximum Gasteiger partial charge on any atom is 0.251 e. The summed E-state index contributed by atoms with van der Waals surface area (Å²) in [6.07, 6.45) is 2.10. The molecule has 2 aromatic rings. The van der Waals surface area contributed by atoms with Gasteiger partial charge in [-0.2, -0.15) is 0 Å². The van der Waals surface area contributed by atoms with Crippen molar-refractivity contribution in [1.82, 2.24) is 15.3 Å². The molecular formula is C19H23N3O3S. The first-order valence-corrected chi connectivity index (χ1v) is 9.54. The van der Waals surface area contributed by atoms with Gasteiger partial charge < -0.3 is 15.0 Å². The standard InChI is InChI=1S/C19H23N3O3S/c1-13-10-16(23)22-18(21-13)26-14(2)17(24)20-11-19(8-9-19)12-25-15-6-4-3-5-7-15/h3-7,10,14H,8-9,11-12H2,1-2H3,(H,20,24)(H,21,22,23)/t14-/m0/s1. The van der Waals surface area contributed by atoms with Crippen molar-refractivity contribution in [1.29, 1.82) is 0 Å². The minimum absolute atomic E-state index is 0.0335. The normalized spacial score (nSPS) is 15.9. The molecule has 6 nitrogen and oxygen atoms in total. The number of aromatic nitrogens is 2. The van der Waals surface area contributed by atoms with E-state index in [1.54, 1.807) is 6.92 Å². The predicted octanol–water partition coefficient (Wildman–Crippen LogP) is 2.53. The summed E-state index contributed by atoms with van der Waals surface area (Å²) >= 11 is 1.25. The number of aromatic amines is 1. The molecule has 0 saturated heterocycles. The Balaban J connectivity index is 1.47. The third-order valence-electron chi connectivity index (χ3n) is 4.39. The van der Waals surface area contributed by atoms with Gasteiger partial charge in [0.05, 0.1) is 11.9 Å². The van der Waals surface area contributed by atoms with E-state index in [1.807, 2.05) is 37.3 Å². The number of aryl methyl sites for hydroxylation is 1. The first-order valence-electron chi connectivity index (χ1n) is 8.66. The molecule has 1 amide bonds. The molecule has 1 aromatic carbocycles. The molecule has 0 radical (unpaired) electrons. The van der Waals surface area contributed by atoms with E-state index < -0.39 is 0 Å². The fourth-order valence-corrected chi connectivity index (χ4v) is 3.43. The second-order valence-electron chi connectivity index (χ2n) is 6.77. The minimum Gasteiger partial charge on any atom is -0.493 e. The zero-order valence-electron chi connectivity index (χ0n) is 15.0. The van der Waals surface area contributed by atoms with Crippen LogP contribution in [0.25, 0.3) is 0 Å². The SMILES string of the molecule is Cc1cc(=O)[nH]c(S[C@@H](C)C(=O)NCC2(COc3ccccc3)CC2)n1. The van der Waals surface area contributed by atoms with E-state index in [4.69, 9.17) is 4.74 Å². The quantitative estimate of drug-likeness (QED) is 0.549. The van der Waals surface area contributed by atoms with Crippen molar-refractivity contribution in [3.05, 3.63) is 52.4 Å². The van der Waals surface area contributed by atoms with Crippen LogP contribution < -0.4 is 15.6 Å². The number of hydrogen-bond acceptors (Lipinski definition) is 5. The highest BCUT2D eigenvalue weighted by Gasteiger charge is 2.44. The molecule has 1 atom stereocenters. The Labute approximate surface area is 156 Å². The van der Waals surface area contributed by atoms with Gasteiger partial charge in [0, 0.05) is 23.7 Å². The van der Waals surface area contributed by atoms with Gasteiger partial charge in [-0.15, -0.1) is 0 Å². The van der Waals surface area contributed by atoms with Crippen molar-refractivity contribution in [2.45, 2.75) is 37.1 Å². The monoisotopic (exact) mass is 373 g/mol. The number of hydrogen-bond donors (Lipinski definition) is 2. The van der Waals surface area contributed by atoms with Gasteiger partial charge in [0.15, 0.2) is 5.16 Å². The first kappa shape index (κ1) is 18.5. The van der Waals surface area contributed by atoms with E-state index in [-0.39, 0.29) is 22.1 Å². The molecular weight excluding hydrogens is 350 g/mol. The maximum absolute atomic E-state index is 12.4. The smallest absolute Gasteiger partial charge is 0.251 e. The molecule has 0 spiro atoms. The van der Waals surface area contributed by atoms with Crippen molar-refractivity contribution in [3.63, 3.8) is 0 Å². The molecule has 7 heteroatoms. The lowest BCUT2D eigenvalue weighted by molar-refractivity contribution is -0.120. The van der Waals surface area contributed by atoms with E-state index in [0.29, 0.717) is 24.0 Å². The van der Waals surface area contributed by atoms with Crippen LogP contribution in [-0.4, -0.2) is 34.3 Å². The van der Waals surface area contributed by atoms with Crippen LogP contribution in [0.1, 0.15) is 25.5 Å². The molecule has 1 aliphatic carbocycles. The molecule has 1 aliphatic rings. The molecule has 1 saturated carbocycles. The molecule has 26 heavy (non-hydrogen) atoms. The molecule has 3 rings (SSSR count). The summed E-state index contributed by atoms with van der Waals surface area (Å²) in [7, 11) is 0. The van der Waals surface area contributed by atoms with Crippen LogP contribution in [-0.2, 0) is 4.79 Å². The first-order chi connectivity index (χ1) is 12.5. The largest absolute Gasteiger partial charge is 0.493 e. The topological polar surface area (TPSA) is 84.1 Å². The Bertz CT molecular complexity index is 818. The Kier molecular flexibility index (Phi) is 5.66. The van der Waals surface area contributed by atoms with Crippen molar-refractivity contribution in [3.8, 4) is 5.75 Å². The van der Waals surface area contributed by atoms with Crippen molar-refractivity contribution in [2.75, 3.05) is 13.2 Å². The van der Waals surface area contributed by atoms with Crippen LogP contribution in [0, 0.1) is 12.3 Å². The Morgan fingerprint density at radius 3 is 2.77 bits per heavy atom. The zero-order valence-corrected chi connectivity index (χ0v) is 15.8. The maximum atomic E-state index is 12.4. The number of thioether (sulfide) groups is 1. The van der Waals surface area contributed by atoms with Crippen molar-refractivity contribution >= 4 is 17.7 Å². The summed E-state index contributed by atoms with van der Waals surface area (Å²) < 4.78 is 5.84. The highest BCUT2D eigenvalue weighted by molar-refractivity contribution is 8.00. The van der Waals surface area contributed by atoms with Gasteiger partial charge in [-0.1, -0.05) is 30.0 Å². The number of H-pyrrole nitrogens is 1. The Morgan fingerprint density at radius 2 is 2.12 bits per heavy atom. The van der Waals surface area contributed by atoms with Gasteiger partial charge in [0.25, 0.3) is 5.56 Å². The summed E-state index contributed by atoms with van der Waals surface area (Å²) in [5.74, 6) is 0.786. The van der Waals surface area contributed by atoms with Crippen LogP contribution in [0.3, 0.4) is 0 Å². The number of carbonyl (C=O) groups excluding carboxylic acids is 1. The van der Waals surface area contributed by atoms with E-state index in [2.05, 4.69) is 15.3 Å². The van der Waals surface area contributed by atoms with Crippen molar-refractivity contribution < 1.29 is 9.53 Å². The Hall–Kier alpha value is -2.28. The van der Waals surface area contributed by atoms with Crippen LogP contribution in [0.15, 0.2) is 46.3 Å². The summed E-state index contributed by atoms with van der Waals surface area (Å²) in [6, 6.07) is 11.1. The third kappa shape index (κ3) is 5.11. The molecule has 1 fully saturated rings. The molecule has 138 valence electrons. The fraction of sp³-hybridized carbons (Fsp3) is 0.421. The van der Waals surface area contributed by atoms with E-state index in [0.717, 1.165) is 18.6 Å². The lowest BCUT2D eigenvalue weighted by Gasteiger charge is -2.18. The number of ether oxygens (including phenoxy) is 1.